The lowest BCUT2D eigenvalue weighted by Gasteiger charge is -2.29. The van der Waals surface area contributed by atoms with Gasteiger partial charge in [-0.3, -0.25) is 0 Å². The third-order valence-electron chi connectivity index (χ3n) is 4.02. The Kier molecular flexibility index (Phi) is 2.80. The minimum atomic E-state index is 0.272. The fourth-order valence-corrected chi connectivity index (χ4v) is 2.88. The quantitative estimate of drug-likeness (QED) is 0.643. The molecule has 2 aliphatic heterocycles. The van der Waals surface area contributed by atoms with Crippen molar-refractivity contribution in [1.29, 1.82) is 0 Å². The lowest BCUT2D eigenvalue weighted by Crippen LogP contribution is -2.34. The molecule has 2 aliphatic rings. The van der Waals surface area contributed by atoms with E-state index in [2.05, 4.69) is 15.0 Å². The number of rotatable bonds is 1. The predicted molar refractivity (Wildman–Crippen MR) is 78.5 cm³/mol. The van der Waals surface area contributed by atoms with Crippen LogP contribution < -0.4 is 14.4 Å². The first-order valence-corrected chi connectivity index (χ1v) is 6.98. The van der Waals surface area contributed by atoms with Crippen LogP contribution in [0.3, 0.4) is 0 Å². The molecule has 1 fully saturated rings. The number of fused-ring (bicyclic) bond motifs is 2. The molecule has 1 saturated heterocycles. The molecule has 3 heterocycles. The lowest BCUT2D eigenvalue weighted by atomic mass is 10.1. The summed E-state index contributed by atoms with van der Waals surface area (Å²) in [6, 6.07) is 5.97. The molecule has 0 atom stereocenters. The van der Waals surface area contributed by atoms with Gasteiger partial charge in [0.15, 0.2) is 11.5 Å². The Balaban J connectivity index is 1.75. The zero-order valence-electron chi connectivity index (χ0n) is 11.5. The van der Waals surface area contributed by atoms with E-state index in [0.717, 1.165) is 59.7 Å². The maximum absolute atomic E-state index is 8.85. The fraction of sp³-hybridized carbons (Fsp3) is 0.333. The van der Waals surface area contributed by atoms with Crippen LogP contribution in [-0.4, -0.2) is 35.8 Å². The first-order valence-electron chi connectivity index (χ1n) is 6.98. The van der Waals surface area contributed by atoms with Crippen LogP contribution in [0.25, 0.3) is 10.8 Å². The molecule has 4 rings (SSSR count). The Morgan fingerprint density at radius 1 is 1.14 bits per heavy atom. The number of hydrogen-bond donors (Lipinski definition) is 1. The minimum Gasteiger partial charge on any atom is -0.454 e. The fourth-order valence-electron chi connectivity index (χ4n) is 2.88. The van der Waals surface area contributed by atoms with Crippen LogP contribution in [0.5, 0.6) is 11.5 Å². The Bertz CT molecular complexity index is 719. The van der Waals surface area contributed by atoms with Gasteiger partial charge in [0.2, 0.25) is 6.79 Å². The smallest absolute Gasteiger partial charge is 0.231 e. The van der Waals surface area contributed by atoms with Crippen molar-refractivity contribution in [2.45, 2.75) is 12.8 Å². The lowest BCUT2D eigenvalue weighted by molar-refractivity contribution is 0.174. The van der Waals surface area contributed by atoms with E-state index in [1.54, 1.807) is 0 Å². The minimum absolute atomic E-state index is 0.272. The van der Waals surface area contributed by atoms with Crippen LogP contribution in [-0.2, 0) is 0 Å². The summed E-state index contributed by atoms with van der Waals surface area (Å²) >= 11 is 0. The van der Waals surface area contributed by atoms with Crippen LogP contribution >= 0.6 is 0 Å². The molecule has 2 aromatic rings. The number of anilines is 1. The van der Waals surface area contributed by atoms with Gasteiger partial charge in [-0.1, -0.05) is 5.16 Å². The maximum Gasteiger partial charge on any atom is 0.231 e. The van der Waals surface area contributed by atoms with Gasteiger partial charge in [0, 0.05) is 37.5 Å². The van der Waals surface area contributed by atoms with Gasteiger partial charge < -0.3 is 19.6 Å². The molecule has 0 unspecified atom stereocenters. The van der Waals surface area contributed by atoms with Gasteiger partial charge in [-0.2, -0.15) is 0 Å². The van der Waals surface area contributed by atoms with E-state index in [1.807, 2.05) is 24.4 Å². The van der Waals surface area contributed by atoms with Crippen molar-refractivity contribution in [2.24, 2.45) is 5.16 Å². The van der Waals surface area contributed by atoms with Crippen molar-refractivity contribution >= 4 is 22.3 Å². The number of benzene rings is 1. The van der Waals surface area contributed by atoms with Gasteiger partial charge >= 0.3 is 0 Å². The first-order chi connectivity index (χ1) is 10.3. The summed E-state index contributed by atoms with van der Waals surface area (Å²) < 4.78 is 10.9. The molecule has 1 aromatic carbocycles. The molecule has 1 N–H and O–H groups in total. The molecular formula is C15H15N3O3. The standard InChI is InChI=1S/C15H15N3O3/c19-17-11-2-5-18(6-3-11)15-12-8-14-13(20-9-21-14)7-10(12)1-4-16-15/h1,4,7-8,19H,2-3,5-6,9H2. The molecule has 6 heteroatoms. The predicted octanol–water partition coefficient (Wildman–Crippen LogP) is 2.39. The Labute approximate surface area is 121 Å². The Morgan fingerprint density at radius 3 is 2.67 bits per heavy atom. The molecule has 21 heavy (non-hydrogen) atoms. The summed E-state index contributed by atoms with van der Waals surface area (Å²) in [7, 11) is 0. The molecule has 0 saturated carbocycles. The van der Waals surface area contributed by atoms with Crippen LogP contribution in [0.4, 0.5) is 5.82 Å². The third-order valence-corrected chi connectivity index (χ3v) is 4.02. The van der Waals surface area contributed by atoms with Gasteiger partial charge in [0.1, 0.15) is 5.82 Å². The molecule has 0 spiro atoms. The SMILES string of the molecule is ON=C1CCN(c2nccc3cc4c(cc23)OCO4)CC1. The zero-order valence-corrected chi connectivity index (χ0v) is 11.5. The second kappa shape index (κ2) is 4.80. The largest absolute Gasteiger partial charge is 0.454 e. The molecular weight excluding hydrogens is 270 g/mol. The molecule has 0 amide bonds. The summed E-state index contributed by atoms with van der Waals surface area (Å²) in [6.45, 7) is 1.88. The van der Waals surface area contributed by atoms with E-state index in [-0.39, 0.29) is 6.79 Å². The highest BCUT2D eigenvalue weighted by atomic mass is 16.7. The van der Waals surface area contributed by atoms with E-state index in [9.17, 15) is 0 Å². The summed E-state index contributed by atoms with van der Waals surface area (Å²) in [5.74, 6) is 2.50. The van der Waals surface area contributed by atoms with Crippen LogP contribution in [0.1, 0.15) is 12.8 Å². The van der Waals surface area contributed by atoms with E-state index in [1.165, 1.54) is 0 Å². The van der Waals surface area contributed by atoms with Crippen LogP contribution in [0.2, 0.25) is 0 Å². The van der Waals surface area contributed by atoms with E-state index >= 15 is 0 Å². The van der Waals surface area contributed by atoms with Crippen molar-refractivity contribution in [3.05, 3.63) is 24.4 Å². The van der Waals surface area contributed by atoms with Crippen LogP contribution in [0.15, 0.2) is 29.6 Å². The molecule has 1 aromatic heterocycles. The Hall–Kier alpha value is -2.50. The molecule has 6 nitrogen and oxygen atoms in total. The Morgan fingerprint density at radius 2 is 1.90 bits per heavy atom. The normalized spacial score (nSPS) is 17.3. The highest BCUT2D eigenvalue weighted by molar-refractivity contribution is 5.95. The van der Waals surface area contributed by atoms with E-state index in [0.29, 0.717) is 0 Å². The van der Waals surface area contributed by atoms with Gasteiger partial charge in [0.05, 0.1) is 5.71 Å². The second-order valence-electron chi connectivity index (χ2n) is 5.21. The van der Waals surface area contributed by atoms with Crippen molar-refractivity contribution < 1.29 is 14.7 Å². The second-order valence-corrected chi connectivity index (χ2v) is 5.21. The molecule has 0 aliphatic carbocycles. The topological polar surface area (TPSA) is 67.2 Å². The van der Waals surface area contributed by atoms with Gasteiger partial charge in [-0.15, -0.1) is 0 Å². The summed E-state index contributed by atoms with van der Waals surface area (Å²) in [4.78, 5) is 6.76. The van der Waals surface area contributed by atoms with Gasteiger partial charge in [-0.25, -0.2) is 4.98 Å². The number of hydrogen-bond acceptors (Lipinski definition) is 6. The van der Waals surface area contributed by atoms with E-state index < -0.39 is 0 Å². The number of ether oxygens (including phenoxy) is 2. The molecule has 0 radical (unpaired) electrons. The van der Waals surface area contributed by atoms with Crippen molar-refractivity contribution in [3.8, 4) is 11.5 Å². The first kappa shape index (κ1) is 12.3. The van der Waals surface area contributed by atoms with Crippen molar-refractivity contribution in [2.75, 3.05) is 24.8 Å². The van der Waals surface area contributed by atoms with E-state index in [4.69, 9.17) is 14.7 Å². The van der Waals surface area contributed by atoms with Crippen molar-refractivity contribution in [3.63, 3.8) is 0 Å². The highest BCUT2D eigenvalue weighted by Crippen LogP contribution is 2.38. The summed E-state index contributed by atoms with van der Waals surface area (Å²) in [6.07, 6.45) is 3.34. The van der Waals surface area contributed by atoms with Gasteiger partial charge in [-0.05, 0) is 23.6 Å². The summed E-state index contributed by atoms with van der Waals surface area (Å²) in [5, 5.41) is 14.3. The number of pyridine rings is 1. The summed E-state index contributed by atoms with van der Waals surface area (Å²) in [5.41, 5.74) is 0.851. The van der Waals surface area contributed by atoms with Crippen molar-refractivity contribution in [1.82, 2.24) is 4.98 Å². The third kappa shape index (κ3) is 2.03. The highest BCUT2D eigenvalue weighted by Gasteiger charge is 2.21. The number of nitrogens with zero attached hydrogens (tertiary/aromatic N) is 3. The molecule has 108 valence electrons. The number of piperidine rings is 1. The maximum atomic E-state index is 8.85. The molecule has 0 bridgehead atoms. The van der Waals surface area contributed by atoms with Gasteiger partial charge in [0.25, 0.3) is 0 Å². The monoisotopic (exact) mass is 285 g/mol. The number of aromatic nitrogens is 1. The average Bonchev–Trinajstić information content (AvgIpc) is 2.99. The number of oxime groups is 1. The average molecular weight is 285 g/mol. The van der Waals surface area contributed by atoms with Crippen LogP contribution in [0, 0.1) is 0 Å². The zero-order chi connectivity index (χ0) is 14.2.